The summed E-state index contributed by atoms with van der Waals surface area (Å²) in [6, 6.07) is 10.7. The second kappa shape index (κ2) is 5.67. The van der Waals surface area contributed by atoms with E-state index in [1.165, 1.54) is 13.8 Å². The fraction of sp³-hybridized carbons (Fsp3) is 0.263. The van der Waals surface area contributed by atoms with Gasteiger partial charge >= 0.3 is 11.9 Å². The third kappa shape index (κ3) is 2.85. The second-order valence-electron chi connectivity index (χ2n) is 6.23. The van der Waals surface area contributed by atoms with Gasteiger partial charge in [0.25, 0.3) is 0 Å². The minimum atomic E-state index is -0.387. The van der Waals surface area contributed by atoms with Gasteiger partial charge in [0.15, 0.2) is 0 Å². The summed E-state index contributed by atoms with van der Waals surface area (Å²) >= 11 is 0. The van der Waals surface area contributed by atoms with Gasteiger partial charge in [-0.1, -0.05) is 26.0 Å². The second-order valence-corrected chi connectivity index (χ2v) is 6.23. The van der Waals surface area contributed by atoms with Crippen LogP contribution in [0, 0.1) is 0 Å². The quantitative estimate of drug-likeness (QED) is 0.617. The Hall–Kier alpha value is -2.82. The van der Waals surface area contributed by atoms with Crippen LogP contribution < -0.4 is 14.2 Å². The van der Waals surface area contributed by atoms with Gasteiger partial charge in [-0.05, 0) is 12.1 Å². The first-order valence-corrected chi connectivity index (χ1v) is 7.61. The molecule has 1 aliphatic rings. The maximum Gasteiger partial charge on any atom is 0.308 e. The highest BCUT2D eigenvalue weighted by molar-refractivity contribution is 5.71. The van der Waals surface area contributed by atoms with E-state index in [4.69, 9.17) is 14.2 Å². The van der Waals surface area contributed by atoms with Crippen LogP contribution in [0.3, 0.4) is 0 Å². The highest BCUT2D eigenvalue weighted by Crippen LogP contribution is 2.49. The number of rotatable bonds is 2. The molecule has 0 amide bonds. The van der Waals surface area contributed by atoms with Crippen molar-refractivity contribution in [2.75, 3.05) is 0 Å². The molecule has 0 aliphatic carbocycles. The zero-order valence-corrected chi connectivity index (χ0v) is 14.0. The topological polar surface area (TPSA) is 61.8 Å². The van der Waals surface area contributed by atoms with Gasteiger partial charge in [0.05, 0.1) is 0 Å². The van der Waals surface area contributed by atoms with Crippen molar-refractivity contribution in [3.05, 3.63) is 47.5 Å². The number of carbonyl (C=O) groups is 2. The maximum atomic E-state index is 11.1. The van der Waals surface area contributed by atoms with E-state index in [2.05, 4.69) is 13.8 Å². The first-order chi connectivity index (χ1) is 11.3. The summed E-state index contributed by atoms with van der Waals surface area (Å²) in [5.41, 5.74) is 1.68. The molecule has 0 bridgehead atoms. The van der Waals surface area contributed by atoms with Crippen molar-refractivity contribution in [2.45, 2.75) is 33.1 Å². The highest BCUT2D eigenvalue weighted by Gasteiger charge is 2.34. The number of hydrogen-bond donors (Lipinski definition) is 0. The first kappa shape index (κ1) is 16.1. The standard InChI is InChI=1S/C19H18O5/c1-11(20)22-13-5-7-15-17(9-13)24-18-10-14(23-12(2)21)6-8-16(18)19(15,3)4/h5-10H,1-4H3. The van der Waals surface area contributed by atoms with Crippen LogP contribution >= 0.6 is 0 Å². The molecule has 0 radical (unpaired) electrons. The lowest BCUT2D eigenvalue weighted by Crippen LogP contribution is -2.24. The fourth-order valence-corrected chi connectivity index (χ4v) is 2.93. The van der Waals surface area contributed by atoms with Crippen LogP contribution in [0.1, 0.15) is 38.8 Å². The minimum absolute atomic E-state index is 0.299. The molecule has 0 N–H and O–H groups in total. The zero-order chi connectivity index (χ0) is 17.5. The molecule has 2 aromatic rings. The summed E-state index contributed by atoms with van der Waals surface area (Å²) in [6.07, 6.45) is 0. The molecule has 0 spiro atoms. The van der Waals surface area contributed by atoms with Crippen LogP contribution in [0.5, 0.6) is 23.0 Å². The average molecular weight is 326 g/mol. The number of carbonyl (C=O) groups excluding carboxylic acids is 2. The SMILES string of the molecule is CC(=O)Oc1ccc2c(c1)Oc1cc(OC(C)=O)ccc1C2(C)C. The number of benzene rings is 2. The van der Waals surface area contributed by atoms with Gasteiger partial charge in [-0.25, -0.2) is 0 Å². The Bertz CT molecular complexity index is 768. The highest BCUT2D eigenvalue weighted by atomic mass is 16.5. The summed E-state index contributed by atoms with van der Waals surface area (Å²) in [6.45, 7) is 6.88. The Morgan fingerprint density at radius 1 is 0.833 bits per heavy atom. The van der Waals surface area contributed by atoms with Crippen molar-refractivity contribution in [3.63, 3.8) is 0 Å². The number of fused-ring (bicyclic) bond motifs is 2. The molecular weight excluding hydrogens is 308 g/mol. The van der Waals surface area contributed by atoms with Crippen LogP contribution in [0.4, 0.5) is 0 Å². The summed E-state index contributed by atoms with van der Waals surface area (Å²) in [5, 5.41) is 0. The van der Waals surface area contributed by atoms with Crippen LogP contribution in [0.2, 0.25) is 0 Å². The molecule has 0 fully saturated rings. The molecule has 5 heteroatoms. The average Bonchev–Trinajstić information content (AvgIpc) is 2.45. The Balaban J connectivity index is 2.04. The van der Waals surface area contributed by atoms with Crippen molar-refractivity contribution in [1.82, 2.24) is 0 Å². The minimum Gasteiger partial charge on any atom is -0.456 e. The Morgan fingerprint density at radius 2 is 1.25 bits per heavy atom. The van der Waals surface area contributed by atoms with Crippen molar-refractivity contribution < 1.29 is 23.8 Å². The fourth-order valence-electron chi connectivity index (χ4n) is 2.93. The van der Waals surface area contributed by atoms with Crippen LogP contribution in [-0.2, 0) is 15.0 Å². The normalized spacial score (nSPS) is 14.0. The lowest BCUT2D eigenvalue weighted by Gasteiger charge is -2.34. The molecule has 0 atom stereocenters. The van der Waals surface area contributed by atoms with Gasteiger partial charge in [-0.15, -0.1) is 0 Å². The van der Waals surface area contributed by atoms with Gasteiger partial charge < -0.3 is 14.2 Å². The largest absolute Gasteiger partial charge is 0.456 e. The van der Waals surface area contributed by atoms with E-state index in [0.29, 0.717) is 23.0 Å². The van der Waals surface area contributed by atoms with E-state index >= 15 is 0 Å². The van der Waals surface area contributed by atoms with E-state index in [1.807, 2.05) is 12.1 Å². The van der Waals surface area contributed by atoms with Crippen molar-refractivity contribution >= 4 is 11.9 Å². The first-order valence-electron chi connectivity index (χ1n) is 7.61. The lowest BCUT2D eigenvalue weighted by molar-refractivity contribution is -0.132. The lowest BCUT2D eigenvalue weighted by atomic mass is 9.76. The summed E-state index contributed by atoms with van der Waals surface area (Å²) in [5.74, 6) is 1.32. The van der Waals surface area contributed by atoms with Gasteiger partial charge in [-0.2, -0.15) is 0 Å². The molecule has 0 saturated carbocycles. The molecule has 0 unspecified atom stereocenters. The summed E-state index contributed by atoms with van der Waals surface area (Å²) < 4.78 is 16.2. The summed E-state index contributed by atoms with van der Waals surface area (Å²) in [4.78, 5) is 22.3. The van der Waals surface area contributed by atoms with Crippen molar-refractivity contribution in [2.24, 2.45) is 0 Å². The predicted molar refractivity (Wildman–Crippen MR) is 87.7 cm³/mol. The molecule has 1 heterocycles. The smallest absolute Gasteiger partial charge is 0.308 e. The number of ether oxygens (including phenoxy) is 3. The predicted octanol–water partition coefficient (Wildman–Crippen LogP) is 3.97. The van der Waals surface area contributed by atoms with E-state index < -0.39 is 0 Å². The maximum absolute atomic E-state index is 11.1. The van der Waals surface area contributed by atoms with E-state index in [-0.39, 0.29) is 17.4 Å². The van der Waals surface area contributed by atoms with Crippen LogP contribution in [-0.4, -0.2) is 11.9 Å². The Kier molecular flexibility index (Phi) is 3.79. The van der Waals surface area contributed by atoms with Crippen LogP contribution in [0.25, 0.3) is 0 Å². The van der Waals surface area contributed by atoms with E-state index in [0.717, 1.165) is 11.1 Å². The molecule has 5 nitrogen and oxygen atoms in total. The summed E-state index contributed by atoms with van der Waals surface area (Å²) in [7, 11) is 0. The number of hydrogen-bond acceptors (Lipinski definition) is 5. The Morgan fingerprint density at radius 3 is 1.62 bits per heavy atom. The van der Waals surface area contributed by atoms with E-state index in [9.17, 15) is 9.59 Å². The molecule has 0 aromatic heterocycles. The molecule has 3 rings (SSSR count). The molecule has 24 heavy (non-hydrogen) atoms. The van der Waals surface area contributed by atoms with Gasteiger partial charge in [0, 0.05) is 42.5 Å². The molecular formula is C19H18O5. The van der Waals surface area contributed by atoms with Crippen molar-refractivity contribution in [1.29, 1.82) is 0 Å². The van der Waals surface area contributed by atoms with Crippen LogP contribution in [0.15, 0.2) is 36.4 Å². The third-order valence-corrected chi connectivity index (χ3v) is 4.00. The number of esters is 2. The molecule has 2 aromatic carbocycles. The molecule has 124 valence electrons. The van der Waals surface area contributed by atoms with Gasteiger partial charge in [0.2, 0.25) is 0 Å². The van der Waals surface area contributed by atoms with Gasteiger partial charge in [-0.3, -0.25) is 9.59 Å². The molecule has 1 aliphatic heterocycles. The molecule has 0 saturated heterocycles. The van der Waals surface area contributed by atoms with Gasteiger partial charge in [0.1, 0.15) is 23.0 Å². The van der Waals surface area contributed by atoms with Crippen molar-refractivity contribution in [3.8, 4) is 23.0 Å². The zero-order valence-electron chi connectivity index (χ0n) is 14.0. The Labute approximate surface area is 140 Å². The monoisotopic (exact) mass is 326 g/mol. The third-order valence-electron chi connectivity index (χ3n) is 4.00. The van der Waals surface area contributed by atoms with E-state index in [1.54, 1.807) is 24.3 Å².